The highest BCUT2D eigenvalue weighted by molar-refractivity contribution is 5.93. The van der Waals surface area contributed by atoms with Crippen LogP contribution in [0.1, 0.15) is 45.9 Å². The normalized spacial score (nSPS) is 17.1. The number of nitrogens with one attached hydrogen (secondary N) is 1. The lowest BCUT2D eigenvalue weighted by Gasteiger charge is -2.25. The van der Waals surface area contributed by atoms with Crippen molar-refractivity contribution in [1.29, 1.82) is 0 Å². The van der Waals surface area contributed by atoms with Crippen molar-refractivity contribution in [3.63, 3.8) is 0 Å². The highest BCUT2D eigenvalue weighted by Gasteiger charge is 2.20. The Balaban J connectivity index is 1.66. The van der Waals surface area contributed by atoms with E-state index in [0.717, 1.165) is 18.5 Å². The summed E-state index contributed by atoms with van der Waals surface area (Å²) in [4.78, 5) is 16.3. The SMILES string of the molecule is Cc1ccc(C(=O)NCC2CCCc3ccccc32)cn1. The average molecular weight is 280 g/mol. The Labute approximate surface area is 125 Å². The van der Waals surface area contributed by atoms with Crippen LogP contribution < -0.4 is 5.32 Å². The lowest BCUT2D eigenvalue weighted by molar-refractivity contribution is 0.0950. The van der Waals surface area contributed by atoms with E-state index in [1.807, 2.05) is 19.1 Å². The van der Waals surface area contributed by atoms with Gasteiger partial charge in [0.2, 0.25) is 0 Å². The minimum atomic E-state index is -0.0365. The molecule has 0 radical (unpaired) electrons. The number of aromatic nitrogens is 1. The summed E-state index contributed by atoms with van der Waals surface area (Å²) in [6.45, 7) is 2.62. The maximum absolute atomic E-state index is 12.2. The Kier molecular flexibility index (Phi) is 4.00. The monoisotopic (exact) mass is 280 g/mol. The number of carbonyl (C=O) groups is 1. The third-order valence-corrected chi connectivity index (χ3v) is 4.18. The molecule has 1 aliphatic carbocycles. The molecule has 0 spiro atoms. The van der Waals surface area contributed by atoms with Gasteiger partial charge in [0.25, 0.3) is 5.91 Å². The number of nitrogens with zero attached hydrogens (tertiary/aromatic N) is 1. The van der Waals surface area contributed by atoms with Gasteiger partial charge in [-0.15, -0.1) is 0 Å². The number of pyridine rings is 1. The third kappa shape index (κ3) is 3.13. The first-order chi connectivity index (χ1) is 10.2. The molecule has 3 rings (SSSR count). The Morgan fingerprint density at radius 3 is 2.95 bits per heavy atom. The summed E-state index contributed by atoms with van der Waals surface area (Å²) >= 11 is 0. The van der Waals surface area contributed by atoms with Crippen molar-refractivity contribution in [2.45, 2.75) is 32.1 Å². The first kappa shape index (κ1) is 13.8. The van der Waals surface area contributed by atoms with Gasteiger partial charge in [0, 0.05) is 24.4 Å². The van der Waals surface area contributed by atoms with Gasteiger partial charge in [-0.05, 0) is 49.4 Å². The van der Waals surface area contributed by atoms with Crippen molar-refractivity contribution < 1.29 is 4.79 Å². The summed E-state index contributed by atoms with van der Waals surface area (Å²) in [6.07, 6.45) is 5.13. The van der Waals surface area contributed by atoms with Gasteiger partial charge in [0.1, 0.15) is 0 Å². The van der Waals surface area contributed by atoms with E-state index in [1.54, 1.807) is 6.20 Å². The van der Waals surface area contributed by atoms with Crippen molar-refractivity contribution in [3.8, 4) is 0 Å². The molecule has 0 saturated heterocycles. The van der Waals surface area contributed by atoms with E-state index in [2.05, 4.69) is 34.6 Å². The number of aryl methyl sites for hydroxylation is 2. The van der Waals surface area contributed by atoms with E-state index in [0.29, 0.717) is 18.0 Å². The quantitative estimate of drug-likeness (QED) is 0.937. The van der Waals surface area contributed by atoms with Crippen LogP contribution in [0.4, 0.5) is 0 Å². The van der Waals surface area contributed by atoms with Gasteiger partial charge in [0.15, 0.2) is 0 Å². The van der Waals surface area contributed by atoms with E-state index in [-0.39, 0.29) is 5.91 Å². The average Bonchev–Trinajstić information content (AvgIpc) is 2.53. The third-order valence-electron chi connectivity index (χ3n) is 4.18. The van der Waals surface area contributed by atoms with Crippen molar-refractivity contribution in [1.82, 2.24) is 10.3 Å². The molecule has 1 unspecified atom stereocenters. The van der Waals surface area contributed by atoms with Gasteiger partial charge in [-0.1, -0.05) is 24.3 Å². The fourth-order valence-corrected chi connectivity index (χ4v) is 2.99. The molecule has 1 atom stereocenters. The van der Waals surface area contributed by atoms with Gasteiger partial charge in [-0.25, -0.2) is 0 Å². The second kappa shape index (κ2) is 6.08. The molecule has 3 nitrogen and oxygen atoms in total. The second-order valence-corrected chi connectivity index (χ2v) is 5.69. The summed E-state index contributed by atoms with van der Waals surface area (Å²) < 4.78 is 0. The van der Waals surface area contributed by atoms with Crippen molar-refractivity contribution in [2.75, 3.05) is 6.54 Å². The number of fused-ring (bicyclic) bond motifs is 1. The van der Waals surface area contributed by atoms with E-state index in [9.17, 15) is 4.79 Å². The molecule has 0 fully saturated rings. The number of amides is 1. The van der Waals surface area contributed by atoms with Gasteiger partial charge in [-0.3, -0.25) is 9.78 Å². The topological polar surface area (TPSA) is 42.0 Å². The van der Waals surface area contributed by atoms with Crippen LogP contribution in [0, 0.1) is 6.92 Å². The fourth-order valence-electron chi connectivity index (χ4n) is 2.99. The predicted octanol–water partition coefficient (Wildman–Crippen LogP) is 3.24. The van der Waals surface area contributed by atoms with Crippen LogP contribution in [0.2, 0.25) is 0 Å². The summed E-state index contributed by atoms with van der Waals surface area (Å²) in [5, 5.41) is 3.05. The molecule has 1 aromatic carbocycles. The molecule has 108 valence electrons. The molecular formula is C18H20N2O. The molecule has 1 heterocycles. The highest BCUT2D eigenvalue weighted by atomic mass is 16.1. The summed E-state index contributed by atoms with van der Waals surface area (Å²) in [7, 11) is 0. The zero-order chi connectivity index (χ0) is 14.7. The Morgan fingerprint density at radius 1 is 1.29 bits per heavy atom. The zero-order valence-electron chi connectivity index (χ0n) is 12.3. The largest absolute Gasteiger partial charge is 0.351 e. The minimum absolute atomic E-state index is 0.0365. The molecule has 0 bridgehead atoms. The van der Waals surface area contributed by atoms with E-state index in [1.165, 1.54) is 17.5 Å². The van der Waals surface area contributed by atoms with Crippen molar-refractivity contribution in [3.05, 3.63) is 65.0 Å². The number of carbonyl (C=O) groups excluding carboxylic acids is 1. The zero-order valence-corrected chi connectivity index (χ0v) is 12.3. The molecule has 0 saturated carbocycles. The van der Waals surface area contributed by atoms with E-state index >= 15 is 0 Å². The second-order valence-electron chi connectivity index (χ2n) is 5.69. The minimum Gasteiger partial charge on any atom is -0.351 e. The summed E-state index contributed by atoms with van der Waals surface area (Å²) in [5.41, 5.74) is 4.38. The molecule has 1 amide bonds. The number of benzene rings is 1. The maximum Gasteiger partial charge on any atom is 0.252 e. The lowest BCUT2D eigenvalue weighted by atomic mass is 9.83. The molecule has 0 aliphatic heterocycles. The first-order valence-corrected chi connectivity index (χ1v) is 7.52. The van der Waals surface area contributed by atoms with Crippen LogP contribution in [-0.4, -0.2) is 17.4 Å². The Bertz CT molecular complexity index is 634. The standard InChI is InChI=1S/C18H20N2O/c1-13-9-10-16(12-19-13)18(21)20-11-15-7-4-6-14-5-2-3-8-17(14)15/h2-3,5,8-10,12,15H,4,6-7,11H2,1H3,(H,20,21). The fraction of sp³-hybridized carbons (Fsp3) is 0.333. The van der Waals surface area contributed by atoms with Crippen LogP contribution in [0.15, 0.2) is 42.6 Å². The van der Waals surface area contributed by atoms with Crippen LogP contribution in [-0.2, 0) is 6.42 Å². The van der Waals surface area contributed by atoms with Crippen molar-refractivity contribution in [2.24, 2.45) is 0 Å². The molecule has 3 heteroatoms. The summed E-state index contributed by atoms with van der Waals surface area (Å²) in [6, 6.07) is 12.3. The highest BCUT2D eigenvalue weighted by Crippen LogP contribution is 2.30. The van der Waals surface area contributed by atoms with Crippen molar-refractivity contribution >= 4 is 5.91 Å². The van der Waals surface area contributed by atoms with Crippen LogP contribution >= 0.6 is 0 Å². The summed E-state index contributed by atoms with van der Waals surface area (Å²) in [5.74, 6) is 0.392. The van der Waals surface area contributed by atoms with Gasteiger partial charge in [-0.2, -0.15) is 0 Å². The molecule has 2 aromatic rings. The first-order valence-electron chi connectivity index (χ1n) is 7.52. The van der Waals surface area contributed by atoms with Gasteiger partial charge < -0.3 is 5.32 Å². The number of hydrogen-bond donors (Lipinski definition) is 1. The predicted molar refractivity (Wildman–Crippen MR) is 83.4 cm³/mol. The van der Waals surface area contributed by atoms with Gasteiger partial charge >= 0.3 is 0 Å². The Morgan fingerprint density at radius 2 is 2.14 bits per heavy atom. The van der Waals surface area contributed by atoms with E-state index in [4.69, 9.17) is 0 Å². The van der Waals surface area contributed by atoms with Crippen LogP contribution in [0.3, 0.4) is 0 Å². The maximum atomic E-state index is 12.2. The van der Waals surface area contributed by atoms with Gasteiger partial charge in [0.05, 0.1) is 5.56 Å². The smallest absolute Gasteiger partial charge is 0.252 e. The molecule has 1 N–H and O–H groups in total. The number of rotatable bonds is 3. The molecule has 21 heavy (non-hydrogen) atoms. The molecule has 1 aliphatic rings. The van der Waals surface area contributed by atoms with Crippen LogP contribution in [0.5, 0.6) is 0 Å². The molecular weight excluding hydrogens is 260 g/mol. The number of hydrogen-bond acceptors (Lipinski definition) is 2. The Hall–Kier alpha value is -2.16. The lowest BCUT2D eigenvalue weighted by Crippen LogP contribution is -2.30. The van der Waals surface area contributed by atoms with Crippen LogP contribution in [0.25, 0.3) is 0 Å². The molecule has 1 aromatic heterocycles. The van der Waals surface area contributed by atoms with E-state index < -0.39 is 0 Å².